The van der Waals surface area contributed by atoms with Crippen molar-refractivity contribution in [3.63, 3.8) is 0 Å². The Morgan fingerprint density at radius 2 is 2.16 bits per heavy atom. The zero-order valence-corrected chi connectivity index (χ0v) is 11.7. The molecule has 19 heavy (non-hydrogen) atoms. The lowest BCUT2D eigenvalue weighted by Gasteiger charge is -2.21. The average Bonchev–Trinajstić information content (AvgIpc) is 2.86. The first-order chi connectivity index (χ1) is 9.38. The van der Waals surface area contributed by atoms with E-state index in [0.29, 0.717) is 6.04 Å². The minimum atomic E-state index is 0.575. The Bertz CT molecular complexity index is 474. The molecule has 2 fully saturated rings. The third-order valence-electron chi connectivity index (χ3n) is 5.35. The maximum absolute atomic E-state index is 5.62. The van der Waals surface area contributed by atoms with Crippen LogP contribution in [0.2, 0.25) is 0 Å². The maximum Gasteiger partial charge on any atom is 0.122 e. The SMILES string of the molecule is CCNC(c1ccc2c(c1)CCO2)C1C2CCCC21. The Kier molecular flexibility index (Phi) is 2.80. The van der Waals surface area contributed by atoms with E-state index >= 15 is 0 Å². The van der Waals surface area contributed by atoms with E-state index in [1.165, 1.54) is 30.4 Å². The average molecular weight is 257 g/mol. The van der Waals surface area contributed by atoms with Crippen molar-refractivity contribution in [2.75, 3.05) is 13.2 Å². The van der Waals surface area contributed by atoms with Gasteiger partial charge in [0.15, 0.2) is 0 Å². The van der Waals surface area contributed by atoms with E-state index in [0.717, 1.165) is 43.1 Å². The fraction of sp³-hybridized carbons (Fsp3) is 0.647. The molecule has 2 aliphatic carbocycles. The largest absolute Gasteiger partial charge is 0.493 e. The molecule has 3 aliphatic rings. The molecule has 1 N–H and O–H groups in total. The third-order valence-corrected chi connectivity index (χ3v) is 5.35. The lowest BCUT2D eigenvalue weighted by molar-refractivity contribution is 0.356. The molecule has 0 bridgehead atoms. The van der Waals surface area contributed by atoms with Crippen LogP contribution >= 0.6 is 0 Å². The van der Waals surface area contributed by atoms with Gasteiger partial charge in [-0.2, -0.15) is 0 Å². The van der Waals surface area contributed by atoms with Crippen molar-refractivity contribution in [2.45, 2.75) is 38.6 Å². The molecule has 1 aliphatic heterocycles. The van der Waals surface area contributed by atoms with Gasteiger partial charge in [0, 0.05) is 12.5 Å². The molecule has 0 amide bonds. The van der Waals surface area contributed by atoms with Gasteiger partial charge in [0.2, 0.25) is 0 Å². The maximum atomic E-state index is 5.62. The Morgan fingerprint density at radius 3 is 2.95 bits per heavy atom. The first kappa shape index (κ1) is 11.8. The highest BCUT2D eigenvalue weighted by atomic mass is 16.5. The quantitative estimate of drug-likeness (QED) is 0.893. The highest BCUT2D eigenvalue weighted by Gasteiger charge is 2.55. The Morgan fingerprint density at radius 1 is 1.32 bits per heavy atom. The van der Waals surface area contributed by atoms with E-state index in [1.54, 1.807) is 0 Å². The molecule has 0 aromatic heterocycles. The molecule has 0 radical (unpaired) electrons. The first-order valence-corrected chi connectivity index (χ1v) is 7.87. The monoisotopic (exact) mass is 257 g/mol. The zero-order valence-electron chi connectivity index (χ0n) is 11.7. The van der Waals surface area contributed by atoms with Gasteiger partial charge in [-0.3, -0.25) is 0 Å². The number of rotatable bonds is 4. The number of nitrogens with one attached hydrogen (secondary N) is 1. The van der Waals surface area contributed by atoms with E-state index in [1.807, 2.05) is 0 Å². The van der Waals surface area contributed by atoms with E-state index in [2.05, 4.69) is 30.4 Å². The van der Waals surface area contributed by atoms with E-state index < -0.39 is 0 Å². The minimum absolute atomic E-state index is 0.575. The van der Waals surface area contributed by atoms with E-state index in [-0.39, 0.29) is 0 Å². The van der Waals surface area contributed by atoms with Gasteiger partial charge in [-0.05, 0) is 54.3 Å². The Labute approximate surface area is 115 Å². The highest BCUT2D eigenvalue weighted by molar-refractivity contribution is 5.41. The van der Waals surface area contributed by atoms with Crippen molar-refractivity contribution in [3.8, 4) is 5.75 Å². The topological polar surface area (TPSA) is 21.3 Å². The van der Waals surface area contributed by atoms with Crippen molar-refractivity contribution in [1.29, 1.82) is 0 Å². The normalized spacial score (nSPS) is 32.6. The molecule has 2 nitrogen and oxygen atoms in total. The summed E-state index contributed by atoms with van der Waals surface area (Å²) >= 11 is 0. The minimum Gasteiger partial charge on any atom is -0.493 e. The third kappa shape index (κ3) is 1.88. The van der Waals surface area contributed by atoms with Crippen LogP contribution in [0.5, 0.6) is 5.75 Å². The van der Waals surface area contributed by atoms with Gasteiger partial charge < -0.3 is 10.1 Å². The molecule has 0 saturated heterocycles. The van der Waals surface area contributed by atoms with Crippen LogP contribution in [0.25, 0.3) is 0 Å². The molecule has 0 spiro atoms. The number of hydrogen-bond donors (Lipinski definition) is 1. The summed E-state index contributed by atoms with van der Waals surface area (Å²) in [5, 5.41) is 3.74. The summed E-state index contributed by atoms with van der Waals surface area (Å²) in [6.07, 6.45) is 5.47. The number of ether oxygens (including phenoxy) is 1. The number of hydrogen-bond acceptors (Lipinski definition) is 2. The van der Waals surface area contributed by atoms with Gasteiger partial charge in [0.05, 0.1) is 6.61 Å². The van der Waals surface area contributed by atoms with Crippen LogP contribution in [0.15, 0.2) is 18.2 Å². The van der Waals surface area contributed by atoms with Crippen molar-refractivity contribution in [3.05, 3.63) is 29.3 Å². The van der Waals surface area contributed by atoms with Crippen LogP contribution in [0.1, 0.15) is 43.4 Å². The van der Waals surface area contributed by atoms with Crippen molar-refractivity contribution >= 4 is 0 Å². The van der Waals surface area contributed by atoms with Crippen molar-refractivity contribution < 1.29 is 4.74 Å². The smallest absolute Gasteiger partial charge is 0.122 e. The molecule has 2 saturated carbocycles. The lowest BCUT2D eigenvalue weighted by atomic mass is 9.95. The predicted molar refractivity (Wildman–Crippen MR) is 76.4 cm³/mol. The molecule has 3 unspecified atom stereocenters. The fourth-order valence-electron chi connectivity index (χ4n) is 4.47. The van der Waals surface area contributed by atoms with Gasteiger partial charge in [0.25, 0.3) is 0 Å². The van der Waals surface area contributed by atoms with Crippen LogP contribution in [0, 0.1) is 17.8 Å². The number of fused-ring (bicyclic) bond motifs is 2. The Balaban J connectivity index is 1.60. The van der Waals surface area contributed by atoms with Gasteiger partial charge in [-0.15, -0.1) is 0 Å². The van der Waals surface area contributed by atoms with Crippen LogP contribution in [-0.2, 0) is 6.42 Å². The lowest BCUT2D eigenvalue weighted by Crippen LogP contribution is -2.24. The summed E-state index contributed by atoms with van der Waals surface area (Å²) in [5.74, 6) is 4.02. The molecule has 2 heteroatoms. The highest BCUT2D eigenvalue weighted by Crippen LogP contribution is 2.62. The summed E-state index contributed by atoms with van der Waals surface area (Å²) in [4.78, 5) is 0. The summed E-state index contributed by atoms with van der Waals surface area (Å²) in [7, 11) is 0. The molecular formula is C17H23NO. The van der Waals surface area contributed by atoms with Crippen molar-refractivity contribution in [1.82, 2.24) is 5.32 Å². The predicted octanol–water partition coefficient (Wildman–Crippen LogP) is 3.32. The standard InChI is InChI=1S/C17H23NO/c1-2-18-17(16-13-4-3-5-14(13)16)12-6-7-15-11(10-12)8-9-19-15/h6-7,10,13-14,16-18H,2-5,8-9H2,1H3. The molecule has 1 aromatic rings. The van der Waals surface area contributed by atoms with Gasteiger partial charge in [0.1, 0.15) is 5.75 Å². The molecule has 102 valence electrons. The van der Waals surface area contributed by atoms with Crippen LogP contribution < -0.4 is 10.1 Å². The van der Waals surface area contributed by atoms with Crippen LogP contribution in [-0.4, -0.2) is 13.2 Å². The first-order valence-electron chi connectivity index (χ1n) is 7.87. The molecular weight excluding hydrogens is 234 g/mol. The van der Waals surface area contributed by atoms with Gasteiger partial charge in [-0.1, -0.05) is 25.5 Å². The van der Waals surface area contributed by atoms with Gasteiger partial charge in [-0.25, -0.2) is 0 Å². The summed E-state index contributed by atoms with van der Waals surface area (Å²) in [6, 6.07) is 7.43. The Hall–Kier alpha value is -1.02. The van der Waals surface area contributed by atoms with Crippen LogP contribution in [0.4, 0.5) is 0 Å². The number of benzene rings is 1. The fourth-order valence-corrected chi connectivity index (χ4v) is 4.47. The molecule has 4 rings (SSSR count). The van der Waals surface area contributed by atoms with Crippen LogP contribution in [0.3, 0.4) is 0 Å². The van der Waals surface area contributed by atoms with E-state index in [4.69, 9.17) is 4.74 Å². The summed E-state index contributed by atoms with van der Waals surface area (Å²) < 4.78 is 5.62. The zero-order chi connectivity index (χ0) is 12.8. The van der Waals surface area contributed by atoms with Gasteiger partial charge >= 0.3 is 0 Å². The second-order valence-electron chi connectivity index (χ2n) is 6.34. The molecule has 1 aromatic carbocycles. The second-order valence-corrected chi connectivity index (χ2v) is 6.34. The summed E-state index contributed by atoms with van der Waals surface area (Å²) in [5.41, 5.74) is 2.90. The summed E-state index contributed by atoms with van der Waals surface area (Å²) in [6.45, 7) is 4.15. The second kappa shape index (κ2) is 4.52. The molecule has 1 heterocycles. The van der Waals surface area contributed by atoms with E-state index in [9.17, 15) is 0 Å². The van der Waals surface area contributed by atoms with Crippen molar-refractivity contribution in [2.24, 2.45) is 17.8 Å². The molecule has 3 atom stereocenters.